The summed E-state index contributed by atoms with van der Waals surface area (Å²) in [7, 11) is 0. The summed E-state index contributed by atoms with van der Waals surface area (Å²) in [5.41, 5.74) is 1.81. The molecule has 1 amide bonds. The second-order valence-electron chi connectivity index (χ2n) is 5.95. The summed E-state index contributed by atoms with van der Waals surface area (Å²) in [6.07, 6.45) is 0.0769. The van der Waals surface area contributed by atoms with Crippen molar-refractivity contribution in [3.8, 4) is 5.75 Å². The number of carbonyl (C=O) groups is 1. The van der Waals surface area contributed by atoms with E-state index in [9.17, 15) is 9.90 Å². The zero-order valence-electron chi connectivity index (χ0n) is 13.2. The van der Waals surface area contributed by atoms with Gasteiger partial charge in [0.25, 0.3) is 0 Å². The molecule has 1 aliphatic heterocycles. The molecule has 0 fully saturated rings. The van der Waals surface area contributed by atoms with Gasteiger partial charge in [0.05, 0.1) is 19.1 Å². The first kappa shape index (κ1) is 16.8. The van der Waals surface area contributed by atoms with Gasteiger partial charge in [-0.3, -0.25) is 4.79 Å². The van der Waals surface area contributed by atoms with Gasteiger partial charge >= 0.3 is 0 Å². The Kier molecular flexibility index (Phi) is 5.38. The van der Waals surface area contributed by atoms with Crippen molar-refractivity contribution >= 4 is 17.5 Å². The lowest BCUT2D eigenvalue weighted by molar-refractivity contribution is -0.123. The van der Waals surface area contributed by atoms with Crippen LogP contribution >= 0.6 is 11.6 Å². The van der Waals surface area contributed by atoms with Crippen LogP contribution in [0.25, 0.3) is 0 Å². The predicted octanol–water partition coefficient (Wildman–Crippen LogP) is 3.45. The van der Waals surface area contributed by atoms with Crippen molar-refractivity contribution in [2.45, 2.75) is 24.9 Å². The first-order valence-corrected chi connectivity index (χ1v) is 8.43. The standard InChI is InChI=1S/C19H20ClNO3/c20-15-7-5-13(6-8-15)17(22)11-19(23)21-12-14-9-10-24-18-4-2-1-3-16(14)18/h1-8,14,17,22H,9-12H2,(H,21,23)/t14-,17-/m1/s1. The second-order valence-corrected chi connectivity index (χ2v) is 6.38. The van der Waals surface area contributed by atoms with Gasteiger partial charge in [0, 0.05) is 17.5 Å². The molecule has 2 N–H and O–H groups in total. The quantitative estimate of drug-likeness (QED) is 0.872. The van der Waals surface area contributed by atoms with Crippen LogP contribution < -0.4 is 10.1 Å². The Labute approximate surface area is 146 Å². The Hall–Kier alpha value is -2.04. The second kappa shape index (κ2) is 7.69. The fraction of sp³-hybridized carbons (Fsp3) is 0.316. The number of halogens is 1. The normalized spacial score (nSPS) is 17.5. The van der Waals surface area contributed by atoms with Gasteiger partial charge in [0.2, 0.25) is 5.91 Å². The largest absolute Gasteiger partial charge is 0.493 e. The number of benzene rings is 2. The topological polar surface area (TPSA) is 58.6 Å². The fourth-order valence-corrected chi connectivity index (χ4v) is 3.04. The van der Waals surface area contributed by atoms with Gasteiger partial charge in [-0.25, -0.2) is 0 Å². The number of para-hydroxylation sites is 1. The van der Waals surface area contributed by atoms with E-state index in [1.54, 1.807) is 24.3 Å². The van der Waals surface area contributed by atoms with E-state index in [1.165, 1.54) is 0 Å². The molecular formula is C19H20ClNO3. The number of aliphatic hydroxyl groups is 1. The molecule has 3 rings (SSSR count). The van der Waals surface area contributed by atoms with E-state index >= 15 is 0 Å². The van der Waals surface area contributed by atoms with Gasteiger partial charge in [-0.15, -0.1) is 0 Å². The summed E-state index contributed by atoms with van der Waals surface area (Å²) < 4.78 is 5.63. The maximum absolute atomic E-state index is 12.1. The van der Waals surface area contributed by atoms with Crippen LogP contribution in [-0.4, -0.2) is 24.2 Å². The van der Waals surface area contributed by atoms with Crippen molar-refractivity contribution in [1.82, 2.24) is 5.32 Å². The fourth-order valence-electron chi connectivity index (χ4n) is 2.92. The minimum Gasteiger partial charge on any atom is -0.493 e. The number of hydrogen-bond acceptors (Lipinski definition) is 3. The molecule has 0 unspecified atom stereocenters. The Morgan fingerprint density at radius 1 is 1.25 bits per heavy atom. The van der Waals surface area contributed by atoms with Crippen molar-refractivity contribution in [3.05, 3.63) is 64.7 Å². The minimum absolute atomic E-state index is 0.0342. The zero-order chi connectivity index (χ0) is 16.9. The number of aliphatic hydroxyl groups excluding tert-OH is 1. The number of carbonyl (C=O) groups excluding carboxylic acids is 1. The molecule has 0 spiro atoms. The summed E-state index contributed by atoms with van der Waals surface area (Å²) in [5.74, 6) is 0.970. The zero-order valence-corrected chi connectivity index (χ0v) is 14.0. The van der Waals surface area contributed by atoms with Crippen molar-refractivity contribution in [3.63, 3.8) is 0 Å². The molecular weight excluding hydrogens is 326 g/mol. The van der Waals surface area contributed by atoms with E-state index in [2.05, 4.69) is 5.32 Å². The van der Waals surface area contributed by atoms with Gasteiger partial charge in [-0.05, 0) is 35.7 Å². The van der Waals surface area contributed by atoms with Gasteiger partial charge < -0.3 is 15.2 Å². The molecule has 1 heterocycles. The van der Waals surface area contributed by atoms with Gasteiger partial charge in [-0.2, -0.15) is 0 Å². The molecule has 5 heteroatoms. The van der Waals surface area contributed by atoms with Crippen LogP contribution in [0.1, 0.15) is 36.0 Å². The summed E-state index contributed by atoms with van der Waals surface area (Å²) in [4.78, 5) is 12.1. The molecule has 24 heavy (non-hydrogen) atoms. The Bertz CT molecular complexity index is 702. The van der Waals surface area contributed by atoms with Crippen LogP contribution in [0.2, 0.25) is 5.02 Å². The molecule has 0 radical (unpaired) electrons. The van der Waals surface area contributed by atoms with Gasteiger partial charge in [0.15, 0.2) is 0 Å². The number of rotatable bonds is 5. The third-order valence-electron chi connectivity index (χ3n) is 4.26. The lowest BCUT2D eigenvalue weighted by atomic mass is 9.93. The van der Waals surface area contributed by atoms with Crippen LogP contribution in [0.15, 0.2) is 48.5 Å². The van der Waals surface area contributed by atoms with E-state index in [4.69, 9.17) is 16.3 Å². The minimum atomic E-state index is -0.829. The van der Waals surface area contributed by atoms with Crippen LogP contribution in [0.5, 0.6) is 5.75 Å². The lowest BCUT2D eigenvalue weighted by Crippen LogP contribution is -2.31. The molecule has 1 aliphatic rings. The highest BCUT2D eigenvalue weighted by molar-refractivity contribution is 6.30. The Balaban J connectivity index is 1.54. The number of nitrogens with one attached hydrogen (secondary N) is 1. The number of ether oxygens (including phenoxy) is 1. The number of amides is 1. The van der Waals surface area contributed by atoms with E-state index in [1.807, 2.05) is 24.3 Å². The molecule has 4 nitrogen and oxygen atoms in total. The molecule has 126 valence electrons. The van der Waals surface area contributed by atoms with Crippen LogP contribution in [0.4, 0.5) is 0 Å². The molecule has 0 aliphatic carbocycles. The van der Waals surface area contributed by atoms with Crippen molar-refractivity contribution in [1.29, 1.82) is 0 Å². The first-order valence-electron chi connectivity index (χ1n) is 8.05. The molecule has 0 aromatic heterocycles. The predicted molar refractivity (Wildman–Crippen MR) is 93.3 cm³/mol. The van der Waals surface area contributed by atoms with Gasteiger partial charge in [-0.1, -0.05) is 41.9 Å². The lowest BCUT2D eigenvalue weighted by Gasteiger charge is -2.26. The smallest absolute Gasteiger partial charge is 0.222 e. The summed E-state index contributed by atoms with van der Waals surface area (Å²) in [6, 6.07) is 14.8. The van der Waals surface area contributed by atoms with Crippen LogP contribution in [-0.2, 0) is 4.79 Å². The molecule has 2 aromatic rings. The summed E-state index contributed by atoms with van der Waals surface area (Å²) in [6.45, 7) is 1.21. The molecule has 0 saturated heterocycles. The maximum atomic E-state index is 12.1. The molecule has 0 bridgehead atoms. The van der Waals surface area contributed by atoms with E-state index < -0.39 is 6.10 Å². The molecule has 2 atom stereocenters. The Morgan fingerprint density at radius 2 is 2.00 bits per heavy atom. The summed E-state index contributed by atoms with van der Waals surface area (Å²) >= 11 is 5.83. The van der Waals surface area contributed by atoms with E-state index in [0.717, 1.165) is 17.7 Å². The highest BCUT2D eigenvalue weighted by Crippen LogP contribution is 2.32. The van der Waals surface area contributed by atoms with Gasteiger partial charge in [0.1, 0.15) is 5.75 Å². The van der Waals surface area contributed by atoms with Crippen molar-refractivity contribution in [2.75, 3.05) is 13.2 Å². The summed E-state index contributed by atoms with van der Waals surface area (Å²) in [5, 5.41) is 13.7. The van der Waals surface area contributed by atoms with Crippen molar-refractivity contribution in [2.24, 2.45) is 0 Å². The van der Waals surface area contributed by atoms with Crippen LogP contribution in [0, 0.1) is 0 Å². The maximum Gasteiger partial charge on any atom is 0.222 e. The Morgan fingerprint density at radius 3 is 2.79 bits per heavy atom. The third kappa shape index (κ3) is 4.08. The SMILES string of the molecule is O=C(C[C@@H](O)c1ccc(Cl)cc1)NC[C@H]1CCOc2ccccc21. The third-order valence-corrected chi connectivity index (χ3v) is 4.51. The van der Waals surface area contributed by atoms with E-state index in [0.29, 0.717) is 23.7 Å². The van der Waals surface area contributed by atoms with Crippen molar-refractivity contribution < 1.29 is 14.6 Å². The van der Waals surface area contributed by atoms with Crippen LogP contribution in [0.3, 0.4) is 0 Å². The molecule has 0 saturated carbocycles. The average Bonchev–Trinajstić information content (AvgIpc) is 2.60. The molecule has 2 aromatic carbocycles. The number of hydrogen-bond donors (Lipinski definition) is 2. The average molecular weight is 346 g/mol. The highest BCUT2D eigenvalue weighted by atomic mass is 35.5. The first-order chi connectivity index (χ1) is 11.6. The monoisotopic (exact) mass is 345 g/mol. The van der Waals surface area contributed by atoms with E-state index in [-0.39, 0.29) is 18.2 Å². The number of fused-ring (bicyclic) bond motifs is 1. The highest BCUT2D eigenvalue weighted by Gasteiger charge is 2.22.